The highest BCUT2D eigenvalue weighted by molar-refractivity contribution is 6.04. The predicted octanol–water partition coefficient (Wildman–Crippen LogP) is 2.72. The molecule has 4 heterocycles. The van der Waals surface area contributed by atoms with Gasteiger partial charge >= 0.3 is 0 Å². The minimum atomic E-state index is -0.367. The van der Waals surface area contributed by atoms with E-state index in [1.165, 1.54) is 6.20 Å². The molecule has 0 atom stereocenters. The van der Waals surface area contributed by atoms with E-state index >= 15 is 0 Å². The minimum absolute atomic E-state index is 0.201. The first kappa shape index (κ1) is 14.9. The fraction of sp³-hybridized carbons (Fsp3) is 0.0588. The molecule has 0 aromatic carbocycles. The quantitative estimate of drug-likeness (QED) is 0.597. The molecule has 4 aromatic rings. The molecule has 2 N–H and O–H groups in total. The average Bonchev–Trinajstić information content (AvgIpc) is 3.35. The van der Waals surface area contributed by atoms with Crippen molar-refractivity contribution in [3.05, 3.63) is 60.9 Å². The lowest BCUT2D eigenvalue weighted by molar-refractivity contribution is 0.0997. The number of rotatable bonds is 4. The van der Waals surface area contributed by atoms with Gasteiger partial charge < -0.3 is 9.73 Å². The fourth-order valence-corrected chi connectivity index (χ4v) is 2.43. The van der Waals surface area contributed by atoms with Gasteiger partial charge in [-0.1, -0.05) is 6.07 Å². The van der Waals surface area contributed by atoms with E-state index in [1.54, 1.807) is 29.2 Å². The normalized spacial score (nSPS) is 10.8. The molecular formula is C17H14N6O2. The maximum Gasteiger partial charge on any atom is 0.291 e. The van der Waals surface area contributed by atoms with Gasteiger partial charge in [0.1, 0.15) is 11.5 Å². The maximum atomic E-state index is 12.5. The summed E-state index contributed by atoms with van der Waals surface area (Å²) in [5.41, 5.74) is 2.65. The highest BCUT2D eigenvalue weighted by atomic mass is 16.3. The van der Waals surface area contributed by atoms with Gasteiger partial charge in [0.05, 0.1) is 29.3 Å². The molecule has 0 fully saturated rings. The zero-order chi connectivity index (χ0) is 17.2. The van der Waals surface area contributed by atoms with Crippen LogP contribution in [-0.4, -0.2) is 30.9 Å². The summed E-state index contributed by atoms with van der Waals surface area (Å²) in [6.07, 6.45) is 6.70. The molecule has 0 bridgehead atoms. The molecule has 25 heavy (non-hydrogen) atoms. The second-order valence-electron chi connectivity index (χ2n) is 5.39. The van der Waals surface area contributed by atoms with E-state index in [2.05, 4.69) is 25.6 Å². The molecule has 124 valence electrons. The van der Waals surface area contributed by atoms with E-state index in [1.807, 2.05) is 31.4 Å². The van der Waals surface area contributed by atoms with Crippen LogP contribution >= 0.6 is 0 Å². The number of aromatic amines is 1. The van der Waals surface area contributed by atoms with Crippen molar-refractivity contribution in [2.75, 3.05) is 5.32 Å². The van der Waals surface area contributed by atoms with Gasteiger partial charge in [-0.3, -0.25) is 19.6 Å². The first-order valence-corrected chi connectivity index (χ1v) is 7.55. The number of furan rings is 1. The summed E-state index contributed by atoms with van der Waals surface area (Å²) in [6.45, 7) is 0. The van der Waals surface area contributed by atoms with Crippen LogP contribution in [0.25, 0.3) is 22.7 Å². The number of H-pyrrole nitrogens is 1. The molecule has 0 radical (unpaired) electrons. The van der Waals surface area contributed by atoms with Gasteiger partial charge in [0, 0.05) is 19.4 Å². The number of amides is 1. The Bertz CT molecular complexity index is 1010. The average molecular weight is 334 g/mol. The van der Waals surface area contributed by atoms with E-state index in [0.717, 1.165) is 5.56 Å². The molecule has 0 spiro atoms. The van der Waals surface area contributed by atoms with Crippen molar-refractivity contribution in [3.63, 3.8) is 0 Å². The third-order valence-electron chi connectivity index (χ3n) is 3.63. The SMILES string of the molecule is Cn1cc(-c2ccc(C(=O)Nc3cn[nH]c3-c3ccccn3)o2)cn1. The molecule has 0 aliphatic heterocycles. The summed E-state index contributed by atoms with van der Waals surface area (Å²) in [4.78, 5) is 16.7. The van der Waals surface area contributed by atoms with E-state index < -0.39 is 0 Å². The lowest BCUT2D eigenvalue weighted by Crippen LogP contribution is -2.11. The molecule has 4 aromatic heterocycles. The first-order valence-electron chi connectivity index (χ1n) is 7.55. The molecule has 1 amide bonds. The van der Waals surface area contributed by atoms with Crippen molar-refractivity contribution >= 4 is 11.6 Å². The highest BCUT2D eigenvalue weighted by Gasteiger charge is 2.16. The Balaban J connectivity index is 1.56. The van der Waals surface area contributed by atoms with Crippen LogP contribution in [0.3, 0.4) is 0 Å². The number of carbonyl (C=O) groups is 1. The van der Waals surface area contributed by atoms with Crippen molar-refractivity contribution in [3.8, 4) is 22.7 Å². The standard InChI is InChI=1S/C17H14N6O2/c1-23-10-11(8-20-23)14-5-6-15(25-14)17(24)21-13-9-19-22-16(13)12-4-2-3-7-18-12/h2-10H,1H3,(H,19,22)(H,21,24). The number of pyridine rings is 1. The van der Waals surface area contributed by atoms with E-state index in [4.69, 9.17) is 4.42 Å². The monoisotopic (exact) mass is 334 g/mol. The Morgan fingerprint density at radius 2 is 2.16 bits per heavy atom. The van der Waals surface area contributed by atoms with Crippen LogP contribution in [0.1, 0.15) is 10.6 Å². The maximum absolute atomic E-state index is 12.5. The molecule has 4 rings (SSSR count). The van der Waals surface area contributed by atoms with Crippen molar-refractivity contribution in [1.29, 1.82) is 0 Å². The topological polar surface area (TPSA) is 102 Å². The Hall–Kier alpha value is -3.68. The van der Waals surface area contributed by atoms with Gasteiger partial charge in [0.2, 0.25) is 0 Å². The lowest BCUT2D eigenvalue weighted by atomic mass is 10.2. The Kier molecular flexibility index (Phi) is 3.62. The second-order valence-corrected chi connectivity index (χ2v) is 5.39. The number of aromatic nitrogens is 5. The van der Waals surface area contributed by atoms with Crippen molar-refractivity contribution < 1.29 is 9.21 Å². The third kappa shape index (κ3) is 2.92. The smallest absolute Gasteiger partial charge is 0.291 e. The molecule has 0 saturated heterocycles. The van der Waals surface area contributed by atoms with E-state index in [0.29, 0.717) is 22.8 Å². The molecule has 8 heteroatoms. The molecule has 8 nitrogen and oxygen atoms in total. The van der Waals surface area contributed by atoms with Crippen LogP contribution in [0, 0.1) is 0 Å². The van der Waals surface area contributed by atoms with Crippen LogP contribution < -0.4 is 5.32 Å². The van der Waals surface area contributed by atoms with Gasteiger partial charge in [-0.25, -0.2) is 0 Å². The van der Waals surface area contributed by atoms with Crippen LogP contribution in [-0.2, 0) is 7.05 Å². The van der Waals surface area contributed by atoms with Crippen LogP contribution in [0.2, 0.25) is 0 Å². The van der Waals surface area contributed by atoms with Gasteiger partial charge in [0.25, 0.3) is 5.91 Å². The van der Waals surface area contributed by atoms with Crippen LogP contribution in [0.5, 0.6) is 0 Å². The summed E-state index contributed by atoms with van der Waals surface area (Å²) in [7, 11) is 1.82. The fourth-order valence-electron chi connectivity index (χ4n) is 2.43. The summed E-state index contributed by atoms with van der Waals surface area (Å²) < 4.78 is 7.30. The van der Waals surface area contributed by atoms with E-state index in [-0.39, 0.29) is 11.7 Å². The Labute approximate surface area is 142 Å². The Morgan fingerprint density at radius 1 is 1.24 bits per heavy atom. The second kappa shape index (κ2) is 6.08. The van der Waals surface area contributed by atoms with Gasteiger partial charge in [-0.2, -0.15) is 10.2 Å². The lowest BCUT2D eigenvalue weighted by Gasteiger charge is -2.03. The van der Waals surface area contributed by atoms with Gasteiger partial charge in [-0.15, -0.1) is 0 Å². The zero-order valence-corrected chi connectivity index (χ0v) is 13.3. The summed E-state index contributed by atoms with van der Waals surface area (Å²) in [5, 5.41) is 13.7. The predicted molar refractivity (Wildman–Crippen MR) is 90.7 cm³/mol. The number of nitrogens with zero attached hydrogens (tertiary/aromatic N) is 4. The number of hydrogen-bond donors (Lipinski definition) is 2. The van der Waals surface area contributed by atoms with Crippen molar-refractivity contribution in [1.82, 2.24) is 25.0 Å². The number of hydrogen-bond acceptors (Lipinski definition) is 5. The number of aryl methyl sites for hydroxylation is 1. The number of carbonyl (C=O) groups excluding carboxylic acids is 1. The molecule has 0 aliphatic carbocycles. The Morgan fingerprint density at radius 3 is 2.92 bits per heavy atom. The number of nitrogens with one attached hydrogen (secondary N) is 2. The van der Waals surface area contributed by atoms with Crippen molar-refractivity contribution in [2.24, 2.45) is 7.05 Å². The molecule has 0 saturated carbocycles. The minimum Gasteiger partial charge on any atom is -0.451 e. The largest absolute Gasteiger partial charge is 0.451 e. The summed E-state index contributed by atoms with van der Waals surface area (Å²) >= 11 is 0. The first-order chi connectivity index (χ1) is 12.2. The summed E-state index contributed by atoms with van der Waals surface area (Å²) in [5.74, 6) is 0.413. The zero-order valence-electron chi connectivity index (χ0n) is 13.3. The highest BCUT2D eigenvalue weighted by Crippen LogP contribution is 2.25. The van der Waals surface area contributed by atoms with E-state index in [9.17, 15) is 4.79 Å². The van der Waals surface area contributed by atoms with Crippen LogP contribution in [0.15, 0.2) is 59.5 Å². The number of anilines is 1. The third-order valence-corrected chi connectivity index (χ3v) is 3.63. The molecule has 0 unspecified atom stereocenters. The van der Waals surface area contributed by atoms with Gasteiger partial charge in [-0.05, 0) is 24.3 Å². The van der Waals surface area contributed by atoms with Crippen molar-refractivity contribution in [2.45, 2.75) is 0 Å². The van der Waals surface area contributed by atoms with Gasteiger partial charge in [0.15, 0.2) is 5.76 Å². The molecular weight excluding hydrogens is 320 g/mol. The summed E-state index contributed by atoms with van der Waals surface area (Å²) in [6, 6.07) is 8.87. The van der Waals surface area contributed by atoms with Crippen LogP contribution in [0.4, 0.5) is 5.69 Å². The molecule has 0 aliphatic rings.